The van der Waals surface area contributed by atoms with Gasteiger partial charge in [0.25, 0.3) is 0 Å². The lowest BCUT2D eigenvalue weighted by Gasteiger charge is -2.18. The van der Waals surface area contributed by atoms with Crippen LogP contribution < -0.4 is 11.1 Å². The first-order valence-electron chi connectivity index (χ1n) is 5.97. The summed E-state index contributed by atoms with van der Waals surface area (Å²) < 4.78 is 18.2. The number of nitrogens with two attached hydrogens (primary N) is 1. The normalized spacial score (nSPS) is 10.5. The summed E-state index contributed by atoms with van der Waals surface area (Å²) in [4.78, 5) is 11.3. The Bertz CT molecular complexity index is 431. The number of carbonyl (C=O) groups excluding carboxylic acids is 1. The van der Waals surface area contributed by atoms with E-state index >= 15 is 0 Å². The van der Waals surface area contributed by atoms with Crippen molar-refractivity contribution in [2.45, 2.75) is 32.7 Å². The lowest BCUT2D eigenvalue weighted by Crippen LogP contribution is -2.18. The number of ether oxygens (including phenoxy) is 1. The van der Waals surface area contributed by atoms with Crippen LogP contribution in [0.3, 0.4) is 0 Å². The van der Waals surface area contributed by atoms with Crippen LogP contribution in [0.1, 0.15) is 37.0 Å². The Labute approximate surface area is 106 Å². The van der Waals surface area contributed by atoms with Crippen molar-refractivity contribution < 1.29 is 13.9 Å². The van der Waals surface area contributed by atoms with Gasteiger partial charge in [-0.3, -0.25) is 0 Å². The lowest BCUT2D eigenvalue weighted by atomic mass is 10.1. The van der Waals surface area contributed by atoms with Gasteiger partial charge < -0.3 is 15.8 Å². The number of anilines is 2. The van der Waals surface area contributed by atoms with Gasteiger partial charge >= 0.3 is 5.97 Å². The maximum absolute atomic E-state index is 13.7. The van der Waals surface area contributed by atoms with Gasteiger partial charge in [-0.2, -0.15) is 0 Å². The van der Waals surface area contributed by atoms with Crippen molar-refractivity contribution in [1.29, 1.82) is 0 Å². The molecule has 100 valence electrons. The molecule has 1 rings (SSSR count). The Hall–Kier alpha value is -1.78. The number of nitrogen functional groups attached to an aromatic ring is 1. The van der Waals surface area contributed by atoms with Crippen LogP contribution in [0.5, 0.6) is 0 Å². The number of benzene rings is 1. The molecule has 0 saturated heterocycles. The van der Waals surface area contributed by atoms with Crippen LogP contribution in [-0.4, -0.2) is 19.1 Å². The number of rotatable bonds is 5. The molecule has 0 fully saturated rings. The first-order valence-corrected chi connectivity index (χ1v) is 5.97. The van der Waals surface area contributed by atoms with E-state index in [9.17, 15) is 9.18 Å². The van der Waals surface area contributed by atoms with Crippen molar-refractivity contribution in [1.82, 2.24) is 0 Å². The van der Waals surface area contributed by atoms with Gasteiger partial charge in [-0.05, 0) is 25.0 Å². The Balaban J connectivity index is 3.03. The number of esters is 1. The second-order valence-corrected chi connectivity index (χ2v) is 4.07. The highest BCUT2D eigenvalue weighted by atomic mass is 19.1. The van der Waals surface area contributed by atoms with E-state index in [2.05, 4.69) is 10.1 Å². The molecule has 0 unspecified atom stereocenters. The van der Waals surface area contributed by atoms with E-state index in [1.165, 1.54) is 19.2 Å². The van der Waals surface area contributed by atoms with Crippen molar-refractivity contribution in [2.75, 3.05) is 18.2 Å². The summed E-state index contributed by atoms with van der Waals surface area (Å²) in [5.74, 6) is -1.36. The highest BCUT2D eigenvalue weighted by molar-refractivity contribution is 5.92. The summed E-state index contributed by atoms with van der Waals surface area (Å²) in [6.45, 7) is 4.08. The standard InChI is InChI=1S/C13H19FN2O2/c1-4-8(5-2)16-12-7-10(14)9(6-11(12)15)13(17)18-3/h6-8,16H,4-5,15H2,1-3H3. The SMILES string of the molecule is CCC(CC)Nc1cc(F)c(C(=O)OC)cc1N. The fraction of sp³-hybridized carbons (Fsp3) is 0.462. The quantitative estimate of drug-likeness (QED) is 0.626. The molecule has 0 radical (unpaired) electrons. The molecule has 0 spiro atoms. The van der Waals surface area contributed by atoms with Crippen molar-refractivity contribution in [3.63, 3.8) is 0 Å². The first-order chi connectivity index (χ1) is 8.53. The van der Waals surface area contributed by atoms with E-state index in [4.69, 9.17) is 5.73 Å². The van der Waals surface area contributed by atoms with Crippen LogP contribution in [0.25, 0.3) is 0 Å². The molecule has 0 bridgehead atoms. The Morgan fingerprint density at radius 3 is 2.56 bits per heavy atom. The van der Waals surface area contributed by atoms with Crippen LogP contribution in [0, 0.1) is 5.82 Å². The average molecular weight is 254 g/mol. The molecular formula is C13H19FN2O2. The van der Waals surface area contributed by atoms with Gasteiger partial charge in [-0.1, -0.05) is 13.8 Å². The first kappa shape index (κ1) is 14.3. The summed E-state index contributed by atoms with van der Waals surface area (Å²) in [6, 6.07) is 2.77. The molecule has 1 aromatic carbocycles. The fourth-order valence-corrected chi connectivity index (χ4v) is 1.69. The van der Waals surface area contributed by atoms with Crippen molar-refractivity contribution >= 4 is 17.3 Å². The maximum atomic E-state index is 13.7. The molecule has 0 aliphatic carbocycles. The summed E-state index contributed by atoms with van der Waals surface area (Å²) in [5, 5.41) is 3.15. The molecule has 0 saturated carbocycles. The number of carbonyl (C=O) groups is 1. The molecule has 1 aromatic rings. The molecular weight excluding hydrogens is 235 g/mol. The Morgan fingerprint density at radius 1 is 1.44 bits per heavy atom. The van der Waals surface area contributed by atoms with Crippen LogP contribution in [0.2, 0.25) is 0 Å². The highest BCUT2D eigenvalue weighted by Gasteiger charge is 2.16. The van der Waals surface area contributed by atoms with Crippen LogP contribution in [-0.2, 0) is 4.74 Å². The van der Waals surface area contributed by atoms with E-state index < -0.39 is 11.8 Å². The molecule has 0 amide bonds. The maximum Gasteiger partial charge on any atom is 0.340 e. The summed E-state index contributed by atoms with van der Waals surface area (Å²) in [7, 11) is 1.20. The van der Waals surface area contributed by atoms with Gasteiger partial charge in [0, 0.05) is 6.04 Å². The summed E-state index contributed by atoms with van der Waals surface area (Å²) >= 11 is 0. The number of hydrogen-bond donors (Lipinski definition) is 2. The number of halogens is 1. The highest BCUT2D eigenvalue weighted by Crippen LogP contribution is 2.25. The molecule has 4 nitrogen and oxygen atoms in total. The Morgan fingerprint density at radius 2 is 2.06 bits per heavy atom. The predicted molar refractivity (Wildman–Crippen MR) is 70.1 cm³/mol. The minimum atomic E-state index is -0.728. The lowest BCUT2D eigenvalue weighted by molar-refractivity contribution is 0.0595. The van der Waals surface area contributed by atoms with Gasteiger partial charge in [0.2, 0.25) is 0 Å². The van der Waals surface area contributed by atoms with Gasteiger partial charge in [-0.15, -0.1) is 0 Å². The third-order valence-corrected chi connectivity index (χ3v) is 2.89. The predicted octanol–water partition coefficient (Wildman–Crippen LogP) is 2.79. The number of nitrogens with one attached hydrogen (secondary N) is 1. The summed E-state index contributed by atoms with van der Waals surface area (Å²) in [5.41, 5.74) is 6.50. The third-order valence-electron chi connectivity index (χ3n) is 2.89. The minimum Gasteiger partial charge on any atom is -0.465 e. The molecule has 0 atom stereocenters. The second kappa shape index (κ2) is 6.23. The molecule has 0 aliphatic rings. The van der Waals surface area contributed by atoms with Gasteiger partial charge in [0.15, 0.2) is 0 Å². The zero-order valence-electron chi connectivity index (χ0n) is 10.9. The van der Waals surface area contributed by atoms with E-state index in [1.54, 1.807) is 0 Å². The summed E-state index contributed by atoms with van der Waals surface area (Å²) in [6.07, 6.45) is 1.83. The number of hydrogen-bond acceptors (Lipinski definition) is 4. The van der Waals surface area contributed by atoms with Crippen LogP contribution in [0.15, 0.2) is 12.1 Å². The zero-order chi connectivity index (χ0) is 13.7. The van der Waals surface area contributed by atoms with E-state index in [0.717, 1.165) is 12.8 Å². The van der Waals surface area contributed by atoms with Crippen LogP contribution >= 0.6 is 0 Å². The monoisotopic (exact) mass is 254 g/mol. The minimum absolute atomic E-state index is 0.148. The molecule has 0 heterocycles. The second-order valence-electron chi connectivity index (χ2n) is 4.07. The van der Waals surface area contributed by atoms with Crippen molar-refractivity contribution in [2.24, 2.45) is 0 Å². The van der Waals surface area contributed by atoms with E-state index in [0.29, 0.717) is 11.4 Å². The van der Waals surface area contributed by atoms with Gasteiger partial charge in [-0.25, -0.2) is 9.18 Å². The average Bonchev–Trinajstić information content (AvgIpc) is 2.38. The molecule has 5 heteroatoms. The Kier molecular flexibility index (Phi) is 4.95. The van der Waals surface area contributed by atoms with E-state index in [-0.39, 0.29) is 11.6 Å². The molecule has 3 N–H and O–H groups in total. The van der Waals surface area contributed by atoms with Gasteiger partial charge in [0.05, 0.1) is 24.0 Å². The molecule has 0 aromatic heterocycles. The van der Waals surface area contributed by atoms with E-state index in [1.807, 2.05) is 13.8 Å². The fourth-order valence-electron chi connectivity index (χ4n) is 1.69. The van der Waals surface area contributed by atoms with Crippen molar-refractivity contribution in [3.05, 3.63) is 23.5 Å². The third kappa shape index (κ3) is 3.12. The molecule has 18 heavy (non-hydrogen) atoms. The van der Waals surface area contributed by atoms with Crippen molar-refractivity contribution in [3.8, 4) is 0 Å². The number of methoxy groups -OCH3 is 1. The topological polar surface area (TPSA) is 64.3 Å². The molecule has 0 aliphatic heterocycles. The largest absolute Gasteiger partial charge is 0.465 e. The zero-order valence-corrected chi connectivity index (χ0v) is 10.9. The smallest absolute Gasteiger partial charge is 0.340 e. The van der Waals surface area contributed by atoms with Crippen LogP contribution in [0.4, 0.5) is 15.8 Å². The van der Waals surface area contributed by atoms with Gasteiger partial charge in [0.1, 0.15) is 5.82 Å².